The van der Waals surface area contributed by atoms with Crippen molar-refractivity contribution >= 4 is 0 Å². The third kappa shape index (κ3) is 2.11. The fourth-order valence-electron chi connectivity index (χ4n) is 2.00. The third-order valence-corrected chi connectivity index (χ3v) is 3.07. The molecule has 0 amide bonds. The highest BCUT2D eigenvalue weighted by Crippen LogP contribution is 2.16. The van der Waals surface area contributed by atoms with Crippen LogP contribution in [-0.4, -0.2) is 24.7 Å². The number of H-pyrrole nitrogens is 1. The van der Waals surface area contributed by atoms with Gasteiger partial charge in [0, 0.05) is 12.4 Å². The molecule has 100 valence electrons. The molecule has 2 aromatic heterocycles. The predicted molar refractivity (Wildman–Crippen MR) is 74.6 cm³/mol. The second kappa shape index (κ2) is 5.08. The molecule has 6 heteroatoms. The average Bonchev–Trinajstić information content (AvgIpc) is 2.90. The molecule has 0 fully saturated rings. The predicted octanol–water partition coefficient (Wildman–Crippen LogP) is 1.58. The molecule has 0 saturated carbocycles. The Balaban J connectivity index is 2.14. The fraction of sp³-hybridized carbons (Fsp3) is 0.143. The summed E-state index contributed by atoms with van der Waals surface area (Å²) in [6.45, 7) is 2.09. The maximum Gasteiger partial charge on any atom is 0.348 e. The Morgan fingerprint density at radius 3 is 2.65 bits per heavy atom. The quantitative estimate of drug-likeness (QED) is 0.781. The molecule has 0 aliphatic rings. The van der Waals surface area contributed by atoms with Crippen LogP contribution in [0, 0.1) is 0 Å². The highest BCUT2D eigenvalue weighted by atomic mass is 16.1. The van der Waals surface area contributed by atoms with Gasteiger partial charge in [0.2, 0.25) is 0 Å². The fourth-order valence-corrected chi connectivity index (χ4v) is 2.00. The minimum atomic E-state index is -0.296. The van der Waals surface area contributed by atoms with Crippen molar-refractivity contribution in [2.75, 3.05) is 0 Å². The monoisotopic (exact) mass is 267 g/mol. The zero-order valence-corrected chi connectivity index (χ0v) is 10.9. The van der Waals surface area contributed by atoms with E-state index in [0.717, 1.165) is 12.1 Å². The van der Waals surface area contributed by atoms with E-state index in [-0.39, 0.29) is 5.69 Å². The normalized spacial score (nSPS) is 10.7. The zero-order valence-electron chi connectivity index (χ0n) is 10.9. The maximum absolute atomic E-state index is 12.0. The van der Waals surface area contributed by atoms with E-state index in [0.29, 0.717) is 11.5 Å². The Kier molecular flexibility index (Phi) is 3.12. The summed E-state index contributed by atoms with van der Waals surface area (Å²) in [4.78, 5) is 20.1. The number of aromatic nitrogens is 5. The van der Waals surface area contributed by atoms with Crippen molar-refractivity contribution < 1.29 is 0 Å². The van der Waals surface area contributed by atoms with Crippen molar-refractivity contribution in [1.82, 2.24) is 24.7 Å². The van der Waals surface area contributed by atoms with E-state index < -0.39 is 0 Å². The lowest BCUT2D eigenvalue weighted by Crippen LogP contribution is -2.15. The van der Waals surface area contributed by atoms with Crippen LogP contribution < -0.4 is 5.69 Å². The largest absolute Gasteiger partial charge is 0.348 e. The molecule has 6 nitrogen and oxygen atoms in total. The molecular weight excluding hydrogens is 254 g/mol. The Morgan fingerprint density at radius 1 is 1.20 bits per heavy atom. The molecule has 20 heavy (non-hydrogen) atoms. The van der Waals surface area contributed by atoms with Gasteiger partial charge in [0.15, 0.2) is 5.82 Å². The number of benzene rings is 1. The van der Waals surface area contributed by atoms with Crippen LogP contribution in [-0.2, 0) is 6.42 Å². The number of rotatable bonds is 3. The molecule has 0 aliphatic heterocycles. The molecule has 0 unspecified atom stereocenters. The summed E-state index contributed by atoms with van der Waals surface area (Å²) in [5.74, 6) is 0.451. The van der Waals surface area contributed by atoms with Gasteiger partial charge in [0.25, 0.3) is 0 Å². The lowest BCUT2D eigenvalue weighted by Gasteiger charge is -2.05. The first-order valence-corrected chi connectivity index (χ1v) is 6.32. The summed E-state index contributed by atoms with van der Waals surface area (Å²) in [5, 5.41) is 6.48. The Bertz CT molecular complexity index is 758. The van der Waals surface area contributed by atoms with Crippen molar-refractivity contribution in [3.8, 4) is 17.2 Å². The Morgan fingerprint density at radius 2 is 2.00 bits per heavy atom. The van der Waals surface area contributed by atoms with E-state index in [9.17, 15) is 4.79 Å². The van der Waals surface area contributed by atoms with E-state index in [1.54, 1.807) is 18.6 Å². The van der Waals surface area contributed by atoms with Crippen LogP contribution in [0.2, 0.25) is 0 Å². The van der Waals surface area contributed by atoms with Crippen LogP contribution in [0.3, 0.4) is 0 Å². The minimum Gasteiger partial charge on any atom is -0.261 e. The Labute approximate surface area is 115 Å². The van der Waals surface area contributed by atoms with E-state index in [2.05, 4.69) is 27.1 Å². The number of nitrogens with one attached hydrogen (secondary N) is 1. The lowest BCUT2D eigenvalue weighted by molar-refractivity contribution is 0.978. The van der Waals surface area contributed by atoms with Crippen molar-refractivity contribution in [1.29, 1.82) is 0 Å². The summed E-state index contributed by atoms with van der Waals surface area (Å²) in [6.07, 6.45) is 5.68. The molecule has 0 atom stereocenters. The van der Waals surface area contributed by atoms with Gasteiger partial charge < -0.3 is 0 Å². The van der Waals surface area contributed by atoms with Crippen molar-refractivity contribution in [3.63, 3.8) is 0 Å². The van der Waals surface area contributed by atoms with Gasteiger partial charge in [-0.25, -0.2) is 19.4 Å². The summed E-state index contributed by atoms with van der Waals surface area (Å²) < 4.78 is 1.49. The van der Waals surface area contributed by atoms with E-state index in [1.165, 1.54) is 10.1 Å². The number of hydrogen-bond donors (Lipinski definition) is 1. The summed E-state index contributed by atoms with van der Waals surface area (Å²) in [6, 6.07) is 7.79. The molecule has 3 aromatic rings. The zero-order chi connectivity index (χ0) is 13.9. The van der Waals surface area contributed by atoms with Gasteiger partial charge >= 0.3 is 5.69 Å². The molecule has 0 spiro atoms. The first-order valence-electron chi connectivity index (χ1n) is 6.32. The molecule has 3 rings (SSSR count). The van der Waals surface area contributed by atoms with E-state index in [4.69, 9.17) is 0 Å². The van der Waals surface area contributed by atoms with Crippen LogP contribution in [0.1, 0.15) is 12.5 Å². The van der Waals surface area contributed by atoms with Gasteiger partial charge in [-0.1, -0.05) is 19.1 Å². The second-order valence-electron chi connectivity index (χ2n) is 4.30. The summed E-state index contributed by atoms with van der Waals surface area (Å²) in [7, 11) is 0. The van der Waals surface area contributed by atoms with Crippen LogP contribution in [0.25, 0.3) is 17.2 Å². The van der Waals surface area contributed by atoms with E-state index >= 15 is 0 Å². The molecule has 1 N–H and O–H groups in total. The van der Waals surface area contributed by atoms with Crippen molar-refractivity contribution in [2.24, 2.45) is 0 Å². The minimum absolute atomic E-state index is 0.296. The van der Waals surface area contributed by atoms with E-state index in [1.807, 2.05) is 24.3 Å². The van der Waals surface area contributed by atoms with Gasteiger partial charge in [-0.05, 0) is 24.1 Å². The second-order valence-corrected chi connectivity index (χ2v) is 4.30. The molecule has 0 aliphatic carbocycles. The first kappa shape index (κ1) is 12.3. The van der Waals surface area contributed by atoms with Gasteiger partial charge in [0.05, 0.1) is 11.9 Å². The van der Waals surface area contributed by atoms with Crippen LogP contribution in [0.15, 0.2) is 47.7 Å². The van der Waals surface area contributed by atoms with Crippen molar-refractivity contribution in [2.45, 2.75) is 13.3 Å². The van der Waals surface area contributed by atoms with Gasteiger partial charge in [0.1, 0.15) is 5.69 Å². The number of hydrogen-bond acceptors (Lipinski definition) is 4. The van der Waals surface area contributed by atoms with Crippen LogP contribution in [0.5, 0.6) is 0 Å². The molecule has 0 bridgehead atoms. The number of nitrogens with zero attached hydrogens (tertiary/aromatic N) is 4. The van der Waals surface area contributed by atoms with Crippen molar-refractivity contribution in [3.05, 3.63) is 58.9 Å². The highest BCUT2D eigenvalue weighted by Gasteiger charge is 2.13. The SMILES string of the molecule is CCc1ccc(-n2c(-c3cnccn3)n[nH]c2=O)cc1. The van der Waals surface area contributed by atoms with Gasteiger partial charge in [-0.15, -0.1) is 0 Å². The summed E-state index contributed by atoms with van der Waals surface area (Å²) >= 11 is 0. The molecule has 1 aromatic carbocycles. The van der Waals surface area contributed by atoms with Crippen LogP contribution >= 0.6 is 0 Å². The third-order valence-electron chi connectivity index (χ3n) is 3.07. The molecule has 2 heterocycles. The molecular formula is C14H13N5O. The highest BCUT2D eigenvalue weighted by molar-refractivity contribution is 5.52. The van der Waals surface area contributed by atoms with Crippen LogP contribution in [0.4, 0.5) is 0 Å². The lowest BCUT2D eigenvalue weighted by atomic mass is 10.1. The smallest absolute Gasteiger partial charge is 0.261 e. The Hall–Kier alpha value is -2.76. The molecule has 0 saturated heterocycles. The number of aromatic amines is 1. The van der Waals surface area contributed by atoms with Gasteiger partial charge in [-0.2, -0.15) is 5.10 Å². The topological polar surface area (TPSA) is 76.5 Å². The maximum atomic E-state index is 12.0. The first-order chi connectivity index (χ1) is 9.79. The number of aryl methyl sites for hydroxylation is 1. The molecule has 0 radical (unpaired) electrons. The van der Waals surface area contributed by atoms with Gasteiger partial charge in [-0.3, -0.25) is 4.98 Å². The average molecular weight is 267 g/mol. The summed E-state index contributed by atoms with van der Waals surface area (Å²) in [5.41, 5.74) is 2.22. The standard InChI is InChI=1S/C14H13N5O/c1-2-10-3-5-11(6-4-10)19-13(17-18-14(19)20)12-9-15-7-8-16-12/h3-9H,2H2,1H3,(H,18,20).